The number of pyridine rings is 1. The second-order valence-electron chi connectivity index (χ2n) is 3.40. The molecule has 2 N–H and O–H groups in total. The molecule has 1 aromatic carbocycles. The molecule has 1 heterocycles. The molecule has 0 saturated heterocycles. The molecule has 2 rings (SSSR count). The van der Waals surface area contributed by atoms with Gasteiger partial charge in [0.05, 0.1) is 5.56 Å². The number of nitrogens with zero attached hydrogens (tertiary/aromatic N) is 1. The van der Waals surface area contributed by atoms with Gasteiger partial charge in [-0.1, -0.05) is 24.0 Å². The third-order valence-corrected chi connectivity index (χ3v) is 2.21. The first-order valence-corrected chi connectivity index (χ1v) is 5.08. The Bertz CT molecular complexity index is 594. The predicted molar refractivity (Wildman–Crippen MR) is 65.2 cm³/mol. The molecule has 1 aromatic heterocycles. The van der Waals surface area contributed by atoms with Crippen LogP contribution in [0.25, 0.3) is 0 Å². The second-order valence-corrected chi connectivity index (χ2v) is 3.40. The number of carbonyl (C=O) groups is 1. The standard InChI is InChI=1S/C14H10N2O/c15-14(17)13-4-2-1-3-12(13)6-5-11-7-9-16-10-8-11/h1-4,7-10H,(H2,15,17). The summed E-state index contributed by atoms with van der Waals surface area (Å²) in [6.45, 7) is 0. The Balaban J connectivity index is 2.38. The van der Waals surface area contributed by atoms with Gasteiger partial charge in [0.25, 0.3) is 0 Å². The van der Waals surface area contributed by atoms with E-state index in [-0.39, 0.29) is 0 Å². The fraction of sp³-hybridized carbons (Fsp3) is 0. The molecule has 17 heavy (non-hydrogen) atoms. The van der Waals surface area contributed by atoms with Crippen molar-refractivity contribution in [3.05, 3.63) is 65.5 Å². The summed E-state index contributed by atoms with van der Waals surface area (Å²) in [5.41, 5.74) is 7.19. The van der Waals surface area contributed by atoms with Crippen LogP contribution in [-0.2, 0) is 0 Å². The summed E-state index contributed by atoms with van der Waals surface area (Å²) in [7, 11) is 0. The molecule has 0 aliphatic rings. The minimum absolute atomic E-state index is 0.439. The highest BCUT2D eigenvalue weighted by Crippen LogP contribution is 2.06. The number of hydrogen-bond acceptors (Lipinski definition) is 2. The van der Waals surface area contributed by atoms with E-state index < -0.39 is 5.91 Å². The smallest absolute Gasteiger partial charge is 0.249 e. The van der Waals surface area contributed by atoms with Crippen LogP contribution in [0, 0.1) is 11.8 Å². The van der Waals surface area contributed by atoms with Gasteiger partial charge in [-0.05, 0) is 24.3 Å². The first kappa shape index (κ1) is 10.9. The lowest BCUT2D eigenvalue weighted by Gasteiger charge is -1.97. The number of hydrogen-bond donors (Lipinski definition) is 1. The van der Waals surface area contributed by atoms with Crippen LogP contribution < -0.4 is 5.73 Å². The summed E-state index contributed by atoms with van der Waals surface area (Å²) in [5, 5.41) is 0. The molecular weight excluding hydrogens is 212 g/mol. The number of benzene rings is 1. The molecule has 2 aromatic rings. The molecule has 0 saturated carbocycles. The van der Waals surface area contributed by atoms with Gasteiger partial charge in [-0.15, -0.1) is 0 Å². The number of nitrogens with two attached hydrogens (primary N) is 1. The average molecular weight is 222 g/mol. The zero-order chi connectivity index (χ0) is 12.1. The van der Waals surface area contributed by atoms with Crippen molar-refractivity contribution in [2.45, 2.75) is 0 Å². The van der Waals surface area contributed by atoms with Crippen molar-refractivity contribution < 1.29 is 4.79 Å². The Labute approximate surface area is 99.3 Å². The number of carbonyl (C=O) groups excluding carboxylic acids is 1. The molecule has 0 fully saturated rings. The maximum atomic E-state index is 11.2. The minimum atomic E-state index is -0.468. The van der Waals surface area contributed by atoms with Gasteiger partial charge in [-0.3, -0.25) is 9.78 Å². The molecule has 1 amide bonds. The fourth-order valence-electron chi connectivity index (χ4n) is 1.38. The molecular formula is C14H10N2O. The number of aromatic nitrogens is 1. The number of rotatable bonds is 1. The Hall–Kier alpha value is -2.60. The molecule has 0 bridgehead atoms. The predicted octanol–water partition coefficient (Wildman–Crippen LogP) is 1.58. The average Bonchev–Trinajstić information content (AvgIpc) is 2.38. The van der Waals surface area contributed by atoms with Crippen molar-refractivity contribution in [1.82, 2.24) is 4.98 Å². The van der Waals surface area contributed by atoms with Crippen molar-refractivity contribution in [2.24, 2.45) is 5.73 Å². The van der Waals surface area contributed by atoms with Gasteiger partial charge >= 0.3 is 0 Å². The molecule has 0 unspecified atom stereocenters. The highest BCUT2D eigenvalue weighted by Gasteiger charge is 2.03. The summed E-state index contributed by atoms with van der Waals surface area (Å²) >= 11 is 0. The minimum Gasteiger partial charge on any atom is -0.366 e. The largest absolute Gasteiger partial charge is 0.366 e. The van der Waals surface area contributed by atoms with Crippen LogP contribution in [0.4, 0.5) is 0 Å². The normalized spacial score (nSPS) is 9.18. The molecule has 0 aliphatic heterocycles. The Morgan fingerprint density at radius 2 is 1.76 bits per heavy atom. The number of amides is 1. The van der Waals surface area contributed by atoms with Gasteiger partial charge < -0.3 is 5.73 Å². The molecule has 0 aliphatic carbocycles. The fourth-order valence-corrected chi connectivity index (χ4v) is 1.38. The summed E-state index contributed by atoms with van der Waals surface area (Å²) < 4.78 is 0. The monoisotopic (exact) mass is 222 g/mol. The third-order valence-electron chi connectivity index (χ3n) is 2.21. The lowest BCUT2D eigenvalue weighted by atomic mass is 10.1. The van der Waals surface area contributed by atoms with E-state index in [1.165, 1.54) is 0 Å². The van der Waals surface area contributed by atoms with Gasteiger partial charge in [0.15, 0.2) is 0 Å². The Kier molecular flexibility index (Phi) is 3.18. The quantitative estimate of drug-likeness (QED) is 0.745. The van der Waals surface area contributed by atoms with E-state index in [9.17, 15) is 4.79 Å². The van der Waals surface area contributed by atoms with E-state index in [4.69, 9.17) is 5.73 Å². The molecule has 82 valence electrons. The molecule has 3 heteroatoms. The lowest BCUT2D eigenvalue weighted by molar-refractivity contribution is 0.1000. The van der Waals surface area contributed by atoms with Crippen LogP contribution in [0.3, 0.4) is 0 Å². The molecule has 0 atom stereocenters. The molecule has 0 spiro atoms. The zero-order valence-corrected chi connectivity index (χ0v) is 9.05. The van der Waals surface area contributed by atoms with Gasteiger partial charge in [-0.25, -0.2) is 0 Å². The van der Waals surface area contributed by atoms with Crippen LogP contribution in [0.15, 0.2) is 48.8 Å². The van der Waals surface area contributed by atoms with Crippen LogP contribution in [-0.4, -0.2) is 10.9 Å². The van der Waals surface area contributed by atoms with Gasteiger partial charge in [0.1, 0.15) is 0 Å². The first-order valence-electron chi connectivity index (χ1n) is 5.08. The van der Waals surface area contributed by atoms with Crippen molar-refractivity contribution >= 4 is 5.91 Å². The maximum absolute atomic E-state index is 11.2. The Morgan fingerprint density at radius 1 is 1.06 bits per heavy atom. The first-order chi connectivity index (χ1) is 8.27. The van der Waals surface area contributed by atoms with Crippen molar-refractivity contribution in [2.75, 3.05) is 0 Å². The van der Waals surface area contributed by atoms with Crippen LogP contribution in [0.2, 0.25) is 0 Å². The van der Waals surface area contributed by atoms with Gasteiger partial charge in [-0.2, -0.15) is 0 Å². The van der Waals surface area contributed by atoms with Crippen LogP contribution >= 0.6 is 0 Å². The Morgan fingerprint density at radius 3 is 2.47 bits per heavy atom. The van der Waals surface area contributed by atoms with E-state index in [2.05, 4.69) is 16.8 Å². The zero-order valence-electron chi connectivity index (χ0n) is 9.05. The summed E-state index contributed by atoms with van der Waals surface area (Å²) in [4.78, 5) is 15.1. The van der Waals surface area contributed by atoms with Crippen molar-refractivity contribution in [1.29, 1.82) is 0 Å². The summed E-state index contributed by atoms with van der Waals surface area (Å²) in [5.74, 6) is 5.42. The summed E-state index contributed by atoms with van der Waals surface area (Å²) in [6.07, 6.45) is 3.34. The van der Waals surface area contributed by atoms with E-state index in [0.717, 1.165) is 5.56 Å². The SMILES string of the molecule is NC(=O)c1ccccc1C#Cc1ccncc1. The second kappa shape index (κ2) is 4.95. The highest BCUT2D eigenvalue weighted by molar-refractivity contribution is 5.95. The topological polar surface area (TPSA) is 56.0 Å². The third kappa shape index (κ3) is 2.70. The molecule has 3 nitrogen and oxygen atoms in total. The van der Waals surface area contributed by atoms with E-state index in [1.54, 1.807) is 42.7 Å². The van der Waals surface area contributed by atoms with E-state index in [1.807, 2.05) is 6.07 Å². The van der Waals surface area contributed by atoms with Crippen molar-refractivity contribution in [3.63, 3.8) is 0 Å². The van der Waals surface area contributed by atoms with Gasteiger partial charge in [0, 0.05) is 23.5 Å². The highest BCUT2D eigenvalue weighted by atomic mass is 16.1. The van der Waals surface area contributed by atoms with E-state index in [0.29, 0.717) is 11.1 Å². The van der Waals surface area contributed by atoms with Crippen LogP contribution in [0.5, 0.6) is 0 Å². The van der Waals surface area contributed by atoms with Gasteiger partial charge in [0.2, 0.25) is 5.91 Å². The number of primary amides is 1. The lowest BCUT2D eigenvalue weighted by Crippen LogP contribution is -2.12. The molecule has 0 radical (unpaired) electrons. The van der Waals surface area contributed by atoms with Crippen LogP contribution in [0.1, 0.15) is 21.5 Å². The summed E-state index contributed by atoms with van der Waals surface area (Å²) in [6, 6.07) is 10.6. The van der Waals surface area contributed by atoms with E-state index >= 15 is 0 Å². The van der Waals surface area contributed by atoms with Crippen molar-refractivity contribution in [3.8, 4) is 11.8 Å². The maximum Gasteiger partial charge on any atom is 0.249 e.